The fourth-order valence-corrected chi connectivity index (χ4v) is 3.16. The van der Waals surface area contributed by atoms with Crippen molar-refractivity contribution in [2.24, 2.45) is 0 Å². The van der Waals surface area contributed by atoms with Crippen molar-refractivity contribution in [2.45, 2.75) is 24.8 Å². The molecule has 0 atom stereocenters. The van der Waals surface area contributed by atoms with E-state index in [0.29, 0.717) is 6.42 Å². The van der Waals surface area contributed by atoms with Gasteiger partial charge < -0.3 is 4.74 Å². The van der Waals surface area contributed by atoms with E-state index in [1.807, 2.05) is 0 Å². The molecule has 0 amide bonds. The second-order valence-corrected chi connectivity index (χ2v) is 7.25. The molecule has 0 spiro atoms. The van der Waals surface area contributed by atoms with Crippen LogP contribution in [0.1, 0.15) is 17.5 Å². The Morgan fingerprint density at radius 1 is 1.00 bits per heavy atom. The van der Waals surface area contributed by atoms with Crippen LogP contribution in [0.2, 0.25) is 0 Å². The van der Waals surface area contributed by atoms with Crippen LogP contribution in [0.5, 0.6) is 11.5 Å². The highest BCUT2D eigenvalue weighted by molar-refractivity contribution is 7.93. The molecule has 4 nitrogen and oxygen atoms in total. The predicted octanol–water partition coefficient (Wildman–Crippen LogP) is 4.37. The van der Waals surface area contributed by atoms with E-state index in [0.717, 1.165) is 36.1 Å². The molecule has 0 bridgehead atoms. The van der Waals surface area contributed by atoms with Gasteiger partial charge in [-0.25, -0.2) is 4.39 Å². The predicted molar refractivity (Wildman–Crippen MR) is 83.5 cm³/mol. The van der Waals surface area contributed by atoms with E-state index >= 15 is 0 Å². The largest absolute Gasteiger partial charge is 0.516 e. The fraction of sp³-hybridized carbons (Fsp3) is 0.250. The van der Waals surface area contributed by atoms with Crippen molar-refractivity contribution in [1.29, 1.82) is 0 Å². The first kappa shape index (κ1) is 17.5. The van der Waals surface area contributed by atoms with E-state index in [1.54, 1.807) is 0 Å². The summed E-state index contributed by atoms with van der Waals surface area (Å²) in [6.07, 6.45) is 2.19. The van der Waals surface area contributed by atoms with Crippen molar-refractivity contribution in [3.8, 4) is 11.5 Å². The molecule has 9 heteroatoms. The Labute approximate surface area is 141 Å². The van der Waals surface area contributed by atoms with Crippen LogP contribution in [0.15, 0.2) is 36.4 Å². The molecule has 0 aliphatic heterocycles. The number of ether oxygens (including phenoxy) is 1. The maximum Gasteiger partial charge on any atom is 0.516 e. The monoisotopic (exact) mass is 375 g/mol. The summed E-state index contributed by atoms with van der Waals surface area (Å²) >= 11 is 0. The van der Waals surface area contributed by atoms with E-state index in [2.05, 4.69) is 0 Å². The van der Waals surface area contributed by atoms with Gasteiger partial charge in [0.25, 0.3) is 0 Å². The van der Waals surface area contributed by atoms with Crippen LogP contribution in [0.3, 0.4) is 0 Å². The van der Waals surface area contributed by atoms with Gasteiger partial charge in [0, 0.05) is 0 Å². The molecule has 0 saturated carbocycles. The van der Waals surface area contributed by atoms with Crippen molar-refractivity contribution in [3.63, 3.8) is 0 Å². The highest BCUT2D eigenvalue weighted by atomic mass is 32.2. The van der Waals surface area contributed by atoms with Gasteiger partial charge in [0.15, 0.2) is 5.75 Å². The van der Waals surface area contributed by atoms with Crippen LogP contribution in [0.4, 0.5) is 23.2 Å². The summed E-state index contributed by atoms with van der Waals surface area (Å²) in [5, 5.41) is 0. The Balaban J connectivity index is 2.00. The highest BCUT2D eigenvalue weighted by Crippen LogP contribution is 2.38. The molecule has 0 fully saturated rings. The molecule has 0 saturated heterocycles. The van der Waals surface area contributed by atoms with Crippen LogP contribution in [0, 0.1) is 5.82 Å². The smallest absolute Gasteiger partial charge is 0.455 e. The number of aryl methyl sites for hydroxylation is 2. The first-order valence-electron chi connectivity index (χ1n) is 7.34. The van der Waals surface area contributed by atoms with Gasteiger partial charge in [0.1, 0.15) is 11.6 Å². The topological polar surface area (TPSA) is 55.4 Å². The van der Waals surface area contributed by atoms with E-state index in [9.17, 15) is 26.0 Å². The lowest BCUT2D eigenvalue weighted by Gasteiger charge is -2.16. The second-order valence-electron chi connectivity index (χ2n) is 5.58. The summed E-state index contributed by atoms with van der Waals surface area (Å²) in [7, 11) is -5.58. The number of anilines is 1. The molecule has 0 radical (unpaired) electrons. The van der Waals surface area contributed by atoms with Gasteiger partial charge in [-0.15, -0.1) is 0 Å². The quantitative estimate of drug-likeness (QED) is 0.808. The molecule has 0 aromatic heterocycles. The first-order chi connectivity index (χ1) is 11.7. The summed E-state index contributed by atoms with van der Waals surface area (Å²) < 4.78 is 80.8. The lowest BCUT2D eigenvalue weighted by Crippen LogP contribution is -2.30. The molecule has 2 aromatic rings. The maximum absolute atomic E-state index is 13.0. The minimum absolute atomic E-state index is 0.0694. The number of nitrogens with one attached hydrogen (secondary N) is 1. The van der Waals surface area contributed by atoms with Crippen LogP contribution >= 0.6 is 0 Å². The summed E-state index contributed by atoms with van der Waals surface area (Å²) in [5.41, 5.74) is -4.10. The van der Waals surface area contributed by atoms with Crippen LogP contribution < -0.4 is 9.46 Å². The van der Waals surface area contributed by atoms with Crippen molar-refractivity contribution < 1.29 is 30.7 Å². The SMILES string of the molecule is O=S(=O)(Nc1cc2c(cc1Oc1ccc(F)cc1)CCC2)C(F)(F)F. The molecule has 134 valence electrons. The molecule has 1 aliphatic carbocycles. The van der Waals surface area contributed by atoms with Gasteiger partial charge >= 0.3 is 15.5 Å². The normalized spacial score (nSPS) is 14.2. The third kappa shape index (κ3) is 3.71. The summed E-state index contributed by atoms with van der Waals surface area (Å²) in [5.74, 6) is -0.397. The molecule has 1 aliphatic rings. The number of benzene rings is 2. The standard InChI is InChI=1S/C16H13F4NO3S/c17-12-4-6-13(7-5-12)24-15-9-11-3-1-2-10(11)8-14(15)21-25(22,23)16(18,19)20/h4-9,21H,1-3H2. The Kier molecular flexibility index (Phi) is 4.36. The van der Waals surface area contributed by atoms with Crippen LogP contribution in [-0.4, -0.2) is 13.9 Å². The Hall–Kier alpha value is -2.29. The molecule has 0 heterocycles. The van der Waals surface area contributed by atoms with Gasteiger partial charge in [-0.3, -0.25) is 4.72 Å². The van der Waals surface area contributed by atoms with E-state index in [-0.39, 0.29) is 17.2 Å². The molecule has 3 rings (SSSR count). The average Bonchev–Trinajstić information content (AvgIpc) is 2.95. The van der Waals surface area contributed by atoms with E-state index < -0.39 is 21.3 Å². The number of fused-ring (bicyclic) bond motifs is 1. The zero-order valence-electron chi connectivity index (χ0n) is 12.7. The van der Waals surface area contributed by atoms with Crippen LogP contribution in [-0.2, 0) is 22.9 Å². The van der Waals surface area contributed by atoms with Crippen molar-refractivity contribution in [2.75, 3.05) is 4.72 Å². The maximum atomic E-state index is 13.0. The number of rotatable bonds is 4. The van der Waals surface area contributed by atoms with E-state index in [4.69, 9.17) is 4.74 Å². The van der Waals surface area contributed by atoms with Crippen molar-refractivity contribution in [1.82, 2.24) is 0 Å². The third-order valence-corrected chi connectivity index (χ3v) is 4.88. The van der Waals surface area contributed by atoms with Crippen molar-refractivity contribution in [3.05, 3.63) is 53.3 Å². The van der Waals surface area contributed by atoms with Gasteiger partial charge in [-0.2, -0.15) is 21.6 Å². The fourth-order valence-electron chi connectivity index (χ4n) is 2.60. The minimum atomic E-state index is -5.58. The zero-order chi connectivity index (χ0) is 18.2. The molecule has 2 aromatic carbocycles. The van der Waals surface area contributed by atoms with Gasteiger partial charge in [-0.1, -0.05) is 0 Å². The van der Waals surface area contributed by atoms with Gasteiger partial charge in [-0.05, 0) is 66.8 Å². The first-order valence-corrected chi connectivity index (χ1v) is 8.82. The Bertz CT molecular complexity index is 893. The zero-order valence-corrected chi connectivity index (χ0v) is 13.5. The minimum Gasteiger partial charge on any atom is -0.455 e. The lowest BCUT2D eigenvalue weighted by molar-refractivity contribution is -0.0429. The van der Waals surface area contributed by atoms with E-state index in [1.165, 1.54) is 29.0 Å². The summed E-state index contributed by atoms with van der Waals surface area (Å²) in [6, 6.07) is 7.71. The number of hydrogen-bond donors (Lipinski definition) is 1. The van der Waals surface area contributed by atoms with Gasteiger partial charge in [0.05, 0.1) is 5.69 Å². The number of sulfonamides is 1. The summed E-state index contributed by atoms with van der Waals surface area (Å²) in [6.45, 7) is 0. The molecule has 0 unspecified atom stereocenters. The number of hydrogen-bond acceptors (Lipinski definition) is 3. The number of alkyl halides is 3. The van der Waals surface area contributed by atoms with Crippen LogP contribution in [0.25, 0.3) is 0 Å². The van der Waals surface area contributed by atoms with Gasteiger partial charge in [0.2, 0.25) is 0 Å². The molecular weight excluding hydrogens is 362 g/mol. The molecule has 1 N–H and O–H groups in total. The number of halogens is 4. The Morgan fingerprint density at radius 3 is 2.20 bits per heavy atom. The Morgan fingerprint density at radius 2 is 1.60 bits per heavy atom. The second kappa shape index (κ2) is 6.21. The molecular formula is C16H13F4NO3S. The third-order valence-electron chi connectivity index (χ3n) is 3.78. The summed E-state index contributed by atoms with van der Waals surface area (Å²) in [4.78, 5) is 0. The average molecular weight is 375 g/mol. The van der Waals surface area contributed by atoms with Crippen molar-refractivity contribution >= 4 is 15.7 Å². The molecule has 25 heavy (non-hydrogen) atoms. The highest BCUT2D eigenvalue weighted by Gasteiger charge is 2.46. The lowest BCUT2D eigenvalue weighted by atomic mass is 10.1.